The van der Waals surface area contributed by atoms with E-state index in [2.05, 4.69) is 0 Å². The standard InChI is InChI=1S/C12H10O3/c13-10-7-4-8-11(10)15-12(14)9-5-2-1-3-6-9/h1-3,5-6,8H,4,7H2. The number of ketones is 1. The Kier molecular flexibility index (Phi) is 2.63. The van der Waals surface area contributed by atoms with E-state index in [9.17, 15) is 9.59 Å². The fourth-order valence-corrected chi connectivity index (χ4v) is 1.40. The van der Waals surface area contributed by atoms with E-state index in [1.807, 2.05) is 6.07 Å². The predicted octanol–water partition coefficient (Wildman–Crippen LogP) is 2.09. The molecular formula is C12H10O3. The van der Waals surface area contributed by atoms with E-state index in [4.69, 9.17) is 4.74 Å². The van der Waals surface area contributed by atoms with Crippen LogP contribution in [0.5, 0.6) is 0 Å². The Morgan fingerprint density at radius 1 is 1.20 bits per heavy atom. The molecule has 15 heavy (non-hydrogen) atoms. The van der Waals surface area contributed by atoms with E-state index in [0.29, 0.717) is 18.4 Å². The van der Waals surface area contributed by atoms with Crippen LogP contribution in [-0.4, -0.2) is 11.8 Å². The highest BCUT2D eigenvalue weighted by atomic mass is 16.5. The van der Waals surface area contributed by atoms with E-state index in [1.165, 1.54) is 0 Å². The monoisotopic (exact) mass is 202 g/mol. The second kappa shape index (κ2) is 4.09. The van der Waals surface area contributed by atoms with E-state index < -0.39 is 5.97 Å². The topological polar surface area (TPSA) is 43.4 Å². The van der Waals surface area contributed by atoms with Crippen molar-refractivity contribution in [3.63, 3.8) is 0 Å². The molecule has 0 aliphatic heterocycles. The molecular weight excluding hydrogens is 192 g/mol. The number of carbonyl (C=O) groups excluding carboxylic acids is 2. The molecule has 3 nitrogen and oxygen atoms in total. The number of hydrogen-bond donors (Lipinski definition) is 0. The van der Waals surface area contributed by atoms with Crippen molar-refractivity contribution in [1.82, 2.24) is 0 Å². The predicted molar refractivity (Wildman–Crippen MR) is 54.2 cm³/mol. The van der Waals surface area contributed by atoms with Gasteiger partial charge in [0.1, 0.15) is 0 Å². The first-order valence-electron chi connectivity index (χ1n) is 4.78. The van der Waals surface area contributed by atoms with Crippen molar-refractivity contribution < 1.29 is 14.3 Å². The van der Waals surface area contributed by atoms with Gasteiger partial charge in [0.25, 0.3) is 0 Å². The van der Waals surface area contributed by atoms with Gasteiger partial charge in [0.15, 0.2) is 11.5 Å². The van der Waals surface area contributed by atoms with E-state index in [1.54, 1.807) is 30.3 Å². The third-order valence-corrected chi connectivity index (χ3v) is 2.19. The molecule has 0 spiro atoms. The maximum Gasteiger partial charge on any atom is 0.343 e. The van der Waals surface area contributed by atoms with Crippen LogP contribution in [0.1, 0.15) is 23.2 Å². The quantitative estimate of drug-likeness (QED) is 0.689. The van der Waals surface area contributed by atoms with E-state index in [0.717, 1.165) is 0 Å². The fourth-order valence-electron chi connectivity index (χ4n) is 1.40. The number of Topliss-reactive ketones (excluding diaryl/α,β-unsaturated/α-hetero) is 1. The van der Waals surface area contributed by atoms with Crippen molar-refractivity contribution >= 4 is 11.8 Å². The Morgan fingerprint density at radius 3 is 2.53 bits per heavy atom. The lowest BCUT2D eigenvalue weighted by molar-refractivity contribution is -0.117. The van der Waals surface area contributed by atoms with E-state index in [-0.39, 0.29) is 11.5 Å². The van der Waals surface area contributed by atoms with Gasteiger partial charge in [0, 0.05) is 6.42 Å². The van der Waals surface area contributed by atoms with Crippen LogP contribution in [0.3, 0.4) is 0 Å². The average Bonchev–Trinajstić information content (AvgIpc) is 2.66. The molecule has 1 aliphatic rings. The Labute approximate surface area is 87.4 Å². The van der Waals surface area contributed by atoms with Gasteiger partial charge in [-0.25, -0.2) is 4.79 Å². The number of carbonyl (C=O) groups is 2. The molecule has 1 aromatic rings. The number of allylic oxidation sites excluding steroid dienone is 2. The average molecular weight is 202 g/mol. The highest BCUT2D eigenvalue weighted by Gasteiger charge is 2.20. The summed E-state index contributed by atoms with van der Waals surface area (Å²) < 4.78 is 4.98. The molecule has 1 aliphatic carbocycles. The van der Waals surface area contributed by atoms with Crippen LogP contribution in [0.2, 0.25) is 0 Å². The molecule has 0 bridgehead atoms. The van der Waals surface area contributed by atoms with Crippen LogP contribution in [0.25, 0.3) is 0 Å². The van der Waals surface area contributed by atoms with Crippen LogP contribution in [0, 0.1) is 0 Å². The minimum absolute atomic E-state index is 0.0979. The molecule has 3 heteroatoms. The summed E-state index contributed by atoms with van der Waals surface area (Å²) in [5.41, 5.74) is 0.457. The summed E-state index contributed by atoms with van der Waals surface area (Å²) in [5.74, 6) is -0.389. The molecule has 0 radical (unpaired) electrons. The Bertz CT molecular complexity index is 418. The minimum Gasteiger partial charge on any atom is -0.419 e. The molecule has 0 N–H and O–H groups in total. The Morgan fingerprint density at radius 2 is 1.93 bits per heavy atom. The second-order valence-corrected chi connectivity index (χ2v) is 3.29. The van der Waals surface area contributed by atoms with Gasteiger partial charge in [-0.3, -0.25) is 4.79 Å². The number of esters is 1. The van der Waals surface area contributed by atoms with E-state index >= 15 is 0 Å². The number of hydrogen-bond acceptors (Lipinski definition) is 3. The van der Waals surface area contributed by atoms with Crippen LogP contribution in [0.4, 0.5) is 0 Å². The summed E-state index contributed by atoms with van der Waals surface area (Å²) in [7, 11) is 0. The van der Waals surface area contributed by atoms with Gasteiger partial charge in [-0.2, -0.15) is 0 Å². The zero-order valence-electron chi connectivity index (χ0n) is 8.10. The largest absolute Gasteiger partial charge is 0.419 e. The first-order chi connectivity index (χ1) is 7.27. The SMILES string of the molecule is O=C1CCC=C1OC(=O)c1ccccc1. The maximum atomic E-state index is 11.5. The number of rotatable bonds is 2. The maximum absolute atomic E-state index is 11.5. The summed E-state index contributed by atoms with van der Waals surface area (Å²) in [5, 5.41) is 0. The molecule has 1 aromatic carbocycles. The Hall–Kier alpha value is -1.90. The van der Waals surface area contributed by atoms with Gasteiger partial charge in [-0.15, -0.1) is 0 Å². The molecule has 0 saturated carbocycles. The lowest BCUT2D eigenvalue weighted by Crippen LogP contribution is -2.08. The molecule has 0 unspecified atom stereocenters. The van der Waals surface area contributed by atoms with Gasteiger partial charge < -0.3 is 4.74 Å². The summed E-state index contributed by atoms with van der Waals surface area (Å²) in [4.78, 5) is 22.7. The van der Waals surface area contributed by atoms with Gasteiger partial charge in [-0.1, -0.05) is 18.2 Å². The molecule has 76 valence electrons. The zero-order valence-corrected chi connectivity index (χ0v) is 8.10. The van der Waals surface area contributed by atoms with Crippen molar-refractivity contribution in [2.75, 3.05) is 0 Å². The fraction of sp³-hybridized carbons (Fsp3) is 0.167. The van der Waals surface area contributed by atoms with Gasteiger partial charge >= 0.3 is 5.97 Å². The number of benzene rings is 1. The molecule has 0 heterocycles. The van der Waals surface area contributed by atoms with Crippen molar-refractivity contribution in [3.05, 3.63) is 47.7 Å². The highest BCUT2D eigenvalue weighted by Crippen LogP contribution is 2.16. The van der Waals surface area contributed by atoms with Crippen LogP contribution >= 0.6 is 0 Å². The molecule has 2 rings (SSSR count). The van der Waals surface area contributed by atoms with Gasteiger partial charge in [-0.05, 0) is 24.6 Å². The third kappa shape index (κ3) is 2.13. The van der Waals surface area contributed by atoms with Crippen molar-refractivity contribution in [2.45, 2.75) is 12.8 Å². The normalized spacial score (nSPS) is 14.9. The first kappa shape index (κ1) is 9.65. The smallest absolute Gasteiger partial charge is 0.343 e. The summed E-state index contributed by atoms with van der Waals surface area (Å²) >= 11 is 0. The summed E-state index contributed by atoms with van der Waals surface area (Å²) in [6.07, 6.45) is 2.76. The molecule has 0 fully saturated rings. The highest BCUT2D eigenvalue weighted by molar-refractivity contribution is 6.00. The van der Waals surface area contributed by atoms with Crippen molar-refractivity contribution in [2.24, 2.45) is 0 Å². The molecule has 0 aromatic heterocycles. The third-order valence-electron chi connectivity index (χ3n) is 2.19. The van der Waals surface area contributed by atoms with Crippen molar-refractivity contribution in [1.29, 1.82) is 0 Å². The lowest BCUT2D eigenvalue weighted by atomic mass is 10.2. The Balaban J connectivity index is 2.08. The number of ether oxygens (including phenoxy) is 1. The van der Waals surface area contributed by atoms with Crippen LogP contribution in [0.15, 0.2) is 42.2 Å². The molecule has 0 atom stereocenters. The van der Waals surface area contributed by atoms with Crippen LogP contribution in [-0.2, 0) is 9.53 Å². The summed E-state index contributed by atoms with van der Waals surface area (Å²) in [6.45, 7) is 0. The minimum atomic E-state index is -0.475. The second-order valence-electron chi connectivity index (χ2n) is 3.29. The van der Waals surface area contributed by atoms with Crippen LogP contribution < -0.4 is 0 Å². The van der Waals surface area contributed by atoms with Gasteiger partial charge in [0.05, 0.1) is 5.56 Å². The molecule has 0 saturated heterocycles. The first-order valence-corrected chi connectivity index (χ1v) is 4.78. The van der Waals surface area contributed by atoms with Gasteiger partial charge in [0.2, 0.25) is 0 Å². The molecule has 0 amide bonds. The van der Waals surface area contributed by atoms with Crippen molar-refractivity contribution in [3.8, 4) is 0 Å². The summed E-state index contributed by atoms with van der Waals surface area (Å²) in [6, 6.07) is 8.63. The zero-order chi connectivity index (χ0) is 10.7. The lowest BCUT2D eigenvalue weighted by Gasteiger charge is -2.03.